The third-order valence-corrected chi connectivity index (χ3v) is 24.7. The smallest absolute Gasteiger partial charge is 0.463 e. The molecule has 4 N–H and O–H groups in total. The van der Waals surface area contributed by atoms with Gasteiger partial charge < -0.3 is 34.2 Å². The van der Waals surface area contributed by atoms with E-state index in [9.17, 15) is 43.5 Å². The van der Waals surface area contributed by atoms with Crippen molar-refractivity contribution in [2.24, 2.45) is 0 Å². The lowest BCUT2D eigenvalue weighted by Crippen LogP contribution is -2.30. The lowest BCUT2D eigenvalue weighted by molar-refractivity contribution is -0.161. The van der Waals surface area contributed by atoms with Gasteiger partial charge in [0.1, 0.15) is 25.4 Å². The first kappa shape index (κ1) is 127. The number of carbonyl (C=O) groups is 3. The highest BCUT2D eigenvalue weighted by molar-refractivity contribution is 7.47. The number of unbranched alkanes of at least 4 members (excludes halogenated alkanes) is 46. The van der Waals surface area contributed by atoms with Crippen LogP contribution in [0.4, 0.5) is 0 Å². The van der Waals surface area contributed by atoms with Crippen LogP contribution in [0.25, 0.3) is 0 Å². The summed E-state index contributed by atoms with van der Waals surface area (Å²) in [5.74, 6) is -1.56. The van der Waals surface area contributed by atoms with E-state index in [2.05, 4.69) is 215 Å². The molecule has 0 aromatic heterocycles. The van der Waals surface area contributed by atoms with Crippen molar-refractivity contribution in [3.63, 3.8) is 0 Å². The van der Waals surface area contributed by atoms with Gasteiger partial charge in [0.2, 0.25) is 0 Å². The first-order valence-electron chi connectivity index (χ1n) is 53.7. The second-order valence-corrected chi connectivity index (χ2v) is 38.5. The monoisotopic (exact) mass is 1900 g/mol. The number of allylic oxidation sites excluding steroid dienone is 32. The van der Waals surface area contributed by atoms with Crippen LogP contribution in [0.1, 0.15) is 457 Å². The Morgan fingerprint density at radius 1 is 0.211 bits per heavy atom. The summed E-state index contributed by atoms with van der Waals surface area (Å²) >= 11 is 0. The average molecular weight is 1900 g/mol. The molecule has 0 amide bonds. The van der Waals surface area contributed by atoms with Crippen LogP contribution in [0.3, 0.4) is 0 Å². The summed E-state index contributed by atoms with van der Waals surface area (Å²) < 4.78 is 61.8. The molecule has 5 unspecified atom stereocenters. The summed E-state index contributed by atoms with van der Waals surface area (Å²) in [6.07, 6.45) is 142. The molecule has 18 heteroatoms. The molecule has 0 spiro atoms. The third kappa shape index (κ3) is 107. The van der Waals surface area contributed by atoms with Crippen LogP contribution in [-0.2, 0) is 55.8 Å². The van der Waals surface area contributed by atoms with E-state index in [0.717, 1.165) is 186 Å². The lowest BCUT2D eigenvalue weighted by Gasteiger charge is -2.21. The zero-order valence-corrected chi connectivity index (χ0v) is 86.4. The minimum Gasteiger partial charge on any atom is -0.463 e. The Morgan fingerprint density at radius 3 is 0.594 bits per heavy atom. The molecule has 762 valence electrons. The van der Waals surface area contributed by atoms with Gasteiger partial charge in [-0.3, -0.25) is 32.5 Å². The van der Waals surface area contributed by atoms with Crippen molar-refractivity contribution >= 4 is 33.6 Å². The number of esters is 3. The molecule has 0 fully saturated rings. The molecule has 0 saturated heterocycles. The summed E-state index contributed by atoms with van der Waals surface area (Å²) in [6.45, 7) is 2.42. The number of carbonyl (C=O) groups excluding carboxylic acids is 3. The Morgan fingerprint density at radius 2 is 0.376 bits per heavy atom. The summed E-state index contributed by atoms with van der Waals surface area (Å²) in [5.41, 5.74) is 0. The summed E-state index contributed by atoms with van der Waals surface area (Å²) in [5, 5.41) is 20.8. The molecule has 0 saturated carbocycles. The van der Waals surface area contributed by atoms with Gasteiger partial charge in [0.05, 0.1) is 26.4 Å². The zero-order chi connectivity index (χ0) is 96.4. The molecule has 16 nitrogen and oxygen atoms in total. The Balaban J connectivity index is 4.59. The van der Waals surface area contributed by atoms with Gasteiger partial charge in [0.25, 0.3) is 0 Å². The van der Waals surface area contributed by atoms with Crippen LogP contribution in [0, 0.1) is 0 Å². The fourth-order valence-corrected chi connectivity index (χ4v) is 16.4. The molecular weight excluding hydrogens is 1700 g/mol. The average Bonchev–Trinajstić information content (AvgIpc) is 0.895. The van der Waals surface area contributed by atoms with Crippen LogP contribution >= 0.6 is 15.6 Å². The maximum absolute atomic E-state index is 13.2. The van der Waals surface area contributed by atoms with Gasteiger partial charge in [0.15, 0.2) is 6.10 Å². The van der Waals surface area contributed by atoms with Crippen molar-refractivity contribution in [3.05, 3.63) is 194 Å². The van der Waals surface area contributed by atoms with Crippen molar-refractivity contribution < 1.29 is 75.8 Å². The Bertz CT molecular complexity index is 3200. The third-order valence-electron chi connectivity index (χ3n) is 22.8. The van der Waals surface area contributed by atoms with Gasteiger partial charge in [-0.25, -0.2) is 9.13 Å². The molecule has 0 aromatic rings. The summed E-state index contributed by atoms with van der Waals surface area (Å²) in [4.78, 5) is 59.3. The predicted octanol–water partition coefficient (Wildman–Crippen LogP) is 34.5. The van der Waals surface area contributed by atoms with Gasteiger partial charge in [-0.05, 0) is 161 Å². The van der Waals surface area contributed by atoms with E-state index in [1.807, 2.05) is 0 Å². The predicted molar refractivity (Wildman–Crippen MR) is 564 cm³/mol. The quantitative estimate of drug-likeness (QED) is 0.0146. The van der Waals surface area contributed by atoms with Crippen LogP contribution < -0.4 is 0 Å². The molecule has 0 aliphatic heterocycles. The fraction of sp³-hybridized carbons (Fsp3) is 0.696. The van der Waals surface area contributed by atoms with Crippen LogP contribution in [0.15, 0.2) is 194 Å². The van der Waals surface area contributed by atoms with Crippen molar-refractivity contribution in [1.82, 2.24) is 0 Å². The number of ether oxygens (including phenoxy) is 3. The Labute approximate surface area is 814 Å². The van der Waals surface area contributed by atoms with Gasteiger partial charge in [-0.15, -0.1) is 0 Å². The Hall–Kier alpha value is -5.61. The highest BCUT2D eigenvalue weighted by Crippen LogP contribution is 2.45. The number of phosphoric ester groups is 2. The number of aliphatic hydroxyl groups is 2. The van der Waals surface area contributed by atoms with E-state index in [1.54, 1.807) is 0 Å². The molecule has 0 heterocycles. The topological polar surface area (TPSA) is 231 Å². The van der Waals surface area contributed by atoms with E-state index < -0.39 is 91.5 Å². The highest BCUT2D eigenvalue weighted by Gasteiger charge is 2.30. The fourth-order valence-electron chi connectivity index (χ4n) is 14.8. The van der Waals surface area contributed by atoms with Gasteiger partial charge in [-0.1, -0.05) is 472 Å². The number of hydrogen-bond donors (Lipinski definition) is 4. The number of rotatable bonds is 101. The molecule has 0 radical (unpaired) electrons. The van der Waals surface area contributed by atoms with E-state index >= 15 is 0 Å². The highest BCUT2D eigenvalue weighted by atomic mass is 31.2. The zero-order valence-electron chi connectivity index (χ0n) is 84.6. The minimum atomic E-state index is -4.95. The maximum atomic E-state index is 13.2. The summed E-state index contributed by atoms with van der Waals surface area (Å²) in [6, 6.07) is 0. The molecule has 0 rings (SSSR count). The van der Waals surface area contributed by atoms with Crippen molar-refractivity contribution in [2.75, 3.05) is 39.6 Å². The van der Waals surface area contributed by atoms with Crippen LogP contribution in [0.5, 0.6) is 0 Å². The molecule has 0 aromatic carbocycles. The molecule has 133 heavy (non-hydrogen) atoms. The van der Waals surface area contributed by atoms with Gasteiger partial charge >= 0.3 is 33.6 Å². The van der Waals surface area contributed by atoms with Crippen LogP contribution in [0.2, 0.25) is 0 Å². The van der Waals surface area contributed by atoms with E-state index in [4.69, 9.17) is 32.3 Å². The SMILES string of the molecule is CC/C=C\C/C=C\C/C=C\C/C=C\C/C=C\C/C=C\CCCCCCCCCCCCCCCCC(=O)OCC(COP(=O)(O)OCC(O)COP(=O)(O)OCC(O)COC(=O)CCCCCCCCCCCCCCCCCCCCC/C=C\C/C=C\C/C=C\C/C=C\C/C=C\CC)OC(=O)CCCCCCCCCCCCCCC/C=C\C/C=C\C/C=C\C/C=C\C/C=C\CC. The second kappa shape index (κ2) is 105. The van der Waals surface area contributed by atoms with Crippen molar-refractivity contribution in [1.29, 1.82) is 0 Å². The molecule has 0 bridgehead atoms. The lowest BCUT2D eigenvalue weighted by atomic mass is 10.0. The first-order valence-corrected chi connectivity index (χ1v) is 56.7. The van der Waals surface area contributed by atoms with Gasteiger partial charge in [0, 0.05) is 19.3 Å². The minimum absolute atomic E-state index is 0.0992. The Kier molecular flexibility index (Phi) is 101. The van der Waals surface area contributed by atoms with Crippen molar-refractivity contribution in [2.45, 2.75) is 476 Å². The molecule has 0 aliphatic rings. The van der Waals surface area contributed by atoms with E-state index in [-0.39, 0.29) is 19.3 Å². The molecular formula is C115H196O16P2. The van der Waals surface area contributed by atoms with E-state index in [0.29, 0.717) is 19.3 Å². The molecule has 0 aliphatic carbocycles. The largest absolute Gasteiger partial charge is 0.472 e. The standard InChI is InChI=1S/C115H196O16P2/c1-4-7-10-13-16-19-22-25-28-31-34-37-40-43-46-49-51-53-54-56-58-60-62-65-68-71-74-77-80-83-86-89-92-95-98-101-113(118)125-104-110(116)105-127-132(121,122)128-106-111(117)107-129-133(123,124)130-109-112(131-115(120)103-100-97-94-91-88-85-82-79-76-73-70-67-64-59-48-45-42-39-36-33-30-27-24-21-18-15-12-9-6-3)108-126-114(119)102-99-96-93-90-87-84-81-78-75-72-69-66-63-61-57-55-52-50-47-44-41-38-35-32-29-26-23-20-17-14-11-8-5-2/h7-12,16-21,25-30,34-39,43-48,52,55,110-112,116-117H,4-6,13-15,22-24,31-33,40-42,49-51,53-54,56-109H2,1-3H3,(H,121,122)(H,123,124)/b10-7-,11-8-,12-9-,19-16-,20-17-,21-18-,28-25-,29-26-,30-27-,37-34-,38-35-,39-36-,46-43-,47-44-,48-45-,55-52-. The van der Waals surface area contributed by atoms with Crippen molar-refractivity contribution in [3.8, 4) is 0 Å². The van der Waals surface area contributed by atoms with Crippen LogP contribution in [-0.4, -0.2) is 95.9 Å². The second-order valence-electron chi connectivity index (χ2n) is 35.6. The van der Waals surface area contributed by atoms with E-state index in [1.165, 1.54) is 212 Å². The van der Waals surface area contributed by atoms with Gasteiger partial charge in [-0.2, -0.15) is 0 Å². The normalized spacial score (nSPS) is 14.4. The maximum Gasteiger partial charge on any atom is 0.472 e. The number of aliphatic hydroxyl groups excluding tert-OH is 2. The number of hydrogen-bond acceptors (Lipinski definition) is 14. The summed E-state index contributed by atoms with van der Waals surface area (Å²) in [7, 11) is -9.82. The number of phosphoric acid groups is 2. The molecule has 5 atom stereocenters. The first-order chi connectivity index (χ1) is 65.2.